The first-order chi connectivity index (χ1) is 20.9. The van der Waals surface area contributed by atoms with Crippen molar-refractivity contribution in [3.8, 4) is 0 Å². The molecule has 0 radical (unpaired) electrons. The average Bonchev–Trinajstić information content (AvgIpc) is 3.48. The van der Waals surface area contributed by atoms with Crippen molar-refractivity contribution in [3.63, 3.8) is 0 Å². The van der Waals surface area contributed by atoms with Gasteiger partial charge in [-0.15, -0.1) is 0 Å². The summed E-state index contributed by atoms with van der Waals surface area (Å²) in [6.07, 6.45) is 5.32. The molecule has 0 bridgehead atoms. The zero-order chi connectivity index (χ0) is 31.9. The number of hydrogen-bond donors (Lipinski definition) is 1. The third-order valence-corrected chi connectivity index (χ3v) is 10.1. The number of hydrogen-bond acceptors (Lipinski definition) is 4. The van der Waals surface area contributed by atoms with Gasteiger partial charge in [0.2, 0.25) is 21.8 Å². The summed E-state index contributed by atoms with van der Waals surface area (Å²) in [5, 5.41) is 4.46. The Morgan fingerprint density at radius 2 is 1.57 bits per heavy atom. The van der Waals surface area contributed by atoms with E-state index in [0.717, 1.165) is 41.8 Å². The molecule has 1 saturated carbocycles. The van der Waals surface area contributed by atoms with Gasteiger partial charge in [0.05, 0.1) is 17.0 Å². The molecule has 3 aromatic rings. The maximum Gasteiger partial charge on any atom is 0.243 e. The van der Waals surface area contributed by atoms with E-state index >= 15 is 0 Å². The zero-order valence-corrected chi connectivity index (χ0v) is 28.2. The van der Waals surface area contributed by atoms with E-state index in [9.17, 15) is 18.0 Å². The molecule has 3 aromatic carbocycles. The van der Waals surface area contributed by atoms with Gasteiger partial charge in [0, 0.05) is 52.6 Å². The first-order valence-electron chi connectivity index (χ1n) is 14.4. The molecular weight excluding hydrogens is 664 g/mol. The summed E-state index contributed by atoms with van der Waals surface area (Å²) in [6, 6.07) is 18.4. The van der Waals surface area contributed by atoms with Gasteiger partial charge in [0.1, 0.15) is 6.04 Å². The molecule has 0 unspecified atom stereocenters. The second-order valence-electron chi connectivity index (χ2n) is 11.0. The molecule has 0 aromatic heterocycles. The first-order valence-corrected chi connectivity index (χ1v) is 17.8. The van der Waals surface area contributed by atoms with Gasteiger partial charge in [-0.3, -0.25) is 13.9 Å². The van der Waals surface area contributed by atoms with E-state index in [2.05, 4.69) is 5.32 Å². The van der Waals surface area contributed by atoms with Gasteiger partial charge < -0.3 is 10.2 Å². The van der Waals surface area contributed by atoms with Crippen LogP contribution in [-0.2, 0) is 32.6 Å². The maximum atomic E-state index is 14.1. The lowest BCUT2D eigenvalue weighted by molar-refractivity contribution is -0.141. The number of carbonyl (C=O) groups is 2. The minimum atomic E-state index is -3.75. The van der Waals surface area contributed by atoms with Gasteiger partial charge in [-0.1, -0.05) is 95.6 Å². The highest BCUT2D eigenvalue weighted by Gasteiger charge is 2.33. The van der Waals surface area contributed by atoms with E-state index in [4.69, 9.17) is 46.4 Å². The van der Waals surface area contributed by atoms with Crippen molar-refractivity contribution in [1.29, 1.82) is 0 Å². The van der Waals surface area contributed by atoms with E-state index in [-0.39, 0.29) is 60.9 Å². The van der Waals surface area contributed by atoms with Gasteiger partial charge >= 0.3 is 0 Å². The largest absolute Gasteiger partial charge is 0.352 e. The number of amides is 2. The highest BCUT2D eigenvalue weighted by Crippen LogP contribution is 2.32. The van der Waals surface area contributed by atoms with Gasteiger partial charge in [-0.2, -0.15) is 0 Å². The predicted molar refractivity (Wildman–Crippen MR) is 179 cm³/mol. The Morgan fingerprint density at radius 3 is 2.20 bits per heavy atom. The molecule has 0 spiro atoms. The van der Waals surface area contributed by atoms with E-state index in [1.54, 1.807) is 24.3 Å². The molecule has 4 rings (SSSR count). The van der Waals surface area contributed by atoms with Crippen LogP contribution in [0.25, 0.3) is 0 Å². The molecule has 1 atom stereocenters. The van der Waals surface area contributed by atoms with Crippen LogP contribution in [0.4, 0.5) is 5.69 Å². The summed E-state index contributed by atoms with van der Waals surface area (Å²) in [7, 11) is -3.75. The molecule has 0 saturated heterocycles. The van der Waals surface area contributed by atoms with Crippen molar-refractivity contribution in [2.24, 2.45) is 0 Å². The van der Waals surface area contributed by atoms with Crippen LogP contribution >= 0.6 is 46.4 Å². The lowest BCUT2D eigenvalue weighted by Gasteiger charge is -2.33. The molecule has 1 aliphatic rings. The molecule has 0 heterocycles. The molecule has 44 heavy (non-hydrogen) atoms. The summed E-state index contributed by atoms with van der Waals surface area (Å²) in [5.74, 6) is -0.588. The van der Waals surface area contributed by atoms with Crippen LogP contribution in [0, 0.1) is 0 Å². The quantitative estimate of drug-likeness (QED) is 0.200. The second kappa shape index (κ2) is 15.7. The van der Waals surface area contributed by atoms with E-state index < -0.39 is 16.1 Å². The molecule has 2 amide bonds. The van der Waals surface area contributed by atoms with Crippen LogP contribution in [0.5, 0.6) is 0 Å². The summed E-state index contributed by atoms with van der Waals surface area (Å²) in [5.41, 5.74) is 1.65. The zero-order valence-electron chi connectivity index (χ0n) is 24.3. The third kappa shape index (κ3) is 9.27. The number of benzene rings is 3. The Hall–Kier alpha value is -2.49. The smallest absolute Gasteiger partial charge is 0.243 e. The first kappa shape index (κ1) is 34.4. The number of rotatable bonds is 13. The Labute approximate surface area is 279 Å². The topological polar surface area (TPSA) is 86.8 Å². The highest BCUT2D eigenvalue weighted by atomic mass is 35.5. The second-order valence-corrected chi connectivity index (χ2v) is 14.5. The molecule has 1 N–H and O–H groups in total. The van der Waals surface area contributed by atoms with Crippen LogP contribution in [0.15, 0.2) is 66.7 Å². The van der Waals surface area contributed by atoms with Crippen LogP contribution in [0.2, 0.25) is 20.1 Å². The van der Waals surface area contributed by atoms with Gasteiger partial charge in [0.15, 0.2) is 0 Å². The summed E-state index contributed by atoms with van der Waals surface area (Å²) >= 11 is 25.5. The number of halogens is 4. The van der Waals surface area contributed by atoms with E-state index in [0.29, 0.717) is 20.6 Å². The number of carbonyl (C=O) groups excluding carboxylic acids is 2. The average molecular weight is 700 g/mol. The van der Waals surface area contributed by atoms with Crippen molar-refractivity contribution >= 4 is 73.9 Å². The molecule has 0 aliphatic heterocycles. The lowest BCUT2D eigenvalue weighted by Crippen LogP contribution is -2.52. The van der Waals surface area contributed by atoms with Crippen LogP contribution in [0.1, 0.15) is 49.7 Å². The summed E-state index contributed by atoms with van der Waals surface area (Å²) in [6.45, 7) is -0.0220. The van der Waals surface area contributed by atoms with Gasteiger partial charge in [0.25, 0.3) is 0 Å². The molecule has 1 aliphatic carbocycles. The molecule has 12 heteroatoms. The fourth-order valence-electron chi connectivity index (χ4n) is 5.43. The Balaban J connectivity index is 1.63. The van der Waals surface area contributed by atoms with E-state index in [1.165, 1.54) is 17.0 Å². The number of nitrogens with zero attached hydrogens (tertiary/aromatic N) is 2. The number of nitrogens with one attached hydrogen (secondary N) is 1. The van der Waals surface area contributed by atoms with Crippen LogP contribution in [-0.4, -0.2) is 50.0 Å². The monoisotopic (exact) mass is 697 g/mol. The Kier molecular flexibility index (Phi) is 12.3. The highest BCUT2D eigenvalue weighted by molar-refractivity contribution is 7.92. The number of sulfonamides is 1. The molecule has 7 nitrogen and oxygen atoms in total. The fraction of sp³-hybridized carbons (Fsp3) is 0.375. The normalized spacial score (nSPS) is 14.3. The molecule has 236 valence electrons. The minimum absolute atomic E-state index is 0.00282. The van der Waals surface area contributed by atoms with E-state index in [1.807, 2.05) is 30.3 Å². The predicted octanol–water partition coefficient (Wildman–Crippen LogP) is 7.55. The van der Waals surface area contributed by atoms with Crippen molar-refractivity contribution in [3.05, 3.63) is 97.9 Å². The van der Waals surface area contributed by atoms with Crippen molar-refractivity contribution in [2.45, 2.75) is 63.6 Å². The standard InChI is InChI=1S/C32H35Cl4N3O4S/c1-44(42,43)39(29-20-23(33)16-17-28(29)36)18-8-15-31(40)38(21-25-26(34)13-7-14-27(25)35)30(19-22-9-3-2-4-10-22)32(41)37-24-11-5-6-12-24/h2-4,7,9-10,13-14,16-17,20,24,30H,5-6,8,11-12,15,18-19,21H2,1H3,(H,37,41)/t30-/m0/s1. The maximum absolute atomic E-state index is 14.1. The molecule has 1 fully saturated rings. The minimum Gasteiger partial charge on any atom is -0.352 e. The van der Waals surface area contributed by atoms with Crippen LogP contribution < -0.4 is 9.62 Å². The molecular formula is C32H35Cl4N3O4S. The third-order valence-electron chi connectivity index (χ3n) is 7.69. The Morgan fingerprint density at radius 1 is 0.909 bits per heavy atom. The van der Waals surface area contributed by atoms with Gasteiger partial charge in [-0.05, 0) is 55.2 Å². The van der Waals surface area contributed by atoms with Crippen LogP contribution in [0.3, 0.4) is 0 Å². The fourth-order valence-corrected chi connectivity index (χ4v) is 7.36. The van der Waals surface area contributed by atoms with Gasteiger partial charge in [-0.25, -0.2) is 8.42 Å². The van der Waals surface area contributed by atoms with Crippen molar-refractivity contribution in [2.75, 3.05) is 17.1 Å². The number of anilines is 1. The summed E-state index contributed by atoms with van der Waals surface area (Å²) in [4.78, 5) is 29.5. The summed E-state index contributed by atoms with van der Waals surface area (Å²) < 4.78 is 26.6. The van der Waals surface area contributed by atoms with Crippen molar-refractivity contribution in [1.82, 2.24) is 10.2 Å². The van der Waals surface area contributed by atoms with Crippen molar-refractivity contribution < 1.29 is 18.0 Å². The SMILES string of the molecule is CS(=O)(=O)N(CCCC(=O)N(Cc1c(Cl)cccc1Cl)[C@@H](Cc1ccccc1)C(=O)NC1CCCC1)c1cc(Cl)ccc1Cl. The lowest BCUT2D eigenvalue weighted by atomic mass is 10.0. The Bertz CT molecular complexity index is 1550.